The van der Waals surface area contributed by atoms with Crippen molar-refractivity contribution in [2.75, 3.05) is 39.9 Å². The third kappa shape index (κ3) is 13.0. The molecule has 4 fully saturated rings. The fraction of sp³-hybridized carbons (Fsp3) is 0.628. The first-order chi connectivity index (χ1) is 30.1. The number of likely N-dealkylation sites (N-methyl/N-ethyl adjacent to an activating group) is 1. The lowest BCUT2D eigenvalue weighted by Gasteiger charge is -2.35. The van der Waals surface area contributed by atoms with Crippen molar-refractivity contribution < 1.29 is 56.6 Å². The fourth-order valence-electron chi connectivity index (χ4n) is 8.51. The van der Waals surface area contributed by atoms with Gasteiger partial charge < -0.3 is 51.6 Å². The van der Waals surface area contributed by atoms with E-state index in [1.807, 2.05) is 0 Å². The van der Waals surface area contributed by atoms with Gasteiger partial charge in [-0.15, -0.1) is 0 Å². The summed E-state index contributed by atoms with van der Waals surface area (Å²) >= 11 is 0. The molecule has 3 saturated heterocycles. The maximum Gasteiger partial charge on any atom is 0.328 e. The van der Waals surface area contributed by atoms with E-state index in [1.165, 1.54) is 29.8 Å². The number of hydrogen-bond donors (Lipinski definition) is 5. The van der Waals surface area contributed by atoms with Gasteiger partial charge in [0.05, 0.1) is 0 Å². The van der Waals surface area contributed by atoms with Gasteiger partial charge in [-0.1, -0.05) is 25.3 Å². The van der Waals surface area contributed by atoms with E-state index in [2.05, 4.69) is 16.0 Å². The average molecular weight is 887 g/mol. The number of carbonyl (C=O) groups is 8. The van der Waals surface area contributed by atoms with Crippen LogP contribution in [0.2, 0.25) is 0 Å². The first-order valence-corrected chi connectivity index (χ1v) is 21.8. The third-order valence-corrected chi connectivity index (χ3v) is 12.1. The summed E-state index contributed by atoms with van der Waals surface area (Å²) in [7, 11) is 1.29. The number of nitrogens with two attached hydrogens (primary N) is 2. The molecular formula is C43H60F2N8O10. The first kappa shape index (κ1) is 48.5. The van der Waals surface area contributed by atoms with E-state index in [-0.39, 0.29) is 50.4 Å². The van der Waals surface area contributed by atoms with Crippen LogP contribution in [0.5, 0.6) is 0 Å². The van der Waals surface area contributed by atoms with Crippen molar-refractivity contribution in [1.82, 2.24) is 30.7 Å². The predicted molar refractivity (Wildman–Crippen MR) is 221 cm³/mol. The summed E-state index contributed by atoms with van der Waals surface area (Å²) in [5, 5.41) is 7.73. The average Bonchev–Trinajstić information content (AvgIpc) is 3.96. The molecule has 1 aliphatic carbocycles. The predicted octanol–water partition coefficient (Wildman–Crippen LogP) is 0.0933. The Labute approximate surface area is 365 Å². The van der Waals surface area contributed by atoms with Crippen LogP contribution in [0.15, 0.2) is 30.4 Å². The number of fused-ring (bicyclic) bond motifs is 2. The zero-order chi connectivity index (χ0) is 45.8. The lowest BCUT2D eigenvalue weighted by atomic mass is 9.89. The summed E-state index contributed by atoms with van der Waals surface area (Å²) in [5.74, 6) is -8.12. The zero-order valence-corrected chi connectivity index (χ0v) is 35.9. The monoisotopic (exact) mass is 886 g/mol. The van der Waals surface area contributed by atoms with Crippen LogP contribution in [0, 0.1) is 17.6 Å². The second kappa shape index (κ2) is 22.7. The number of carbonyl (C=O) groups excluding carboxylic acids is 8. The zero-order valence-electron chi connectivity index (χ0n) is 35.9. The van der Waals surface area contributed by atoms with Crippen LogP contribution in [0.4, 0.5) is 8.78 Å². The molecule has 18 nitrogen and oxygen atoms in total. The molecule has 0 unspecified atom stereocenters. The third-order valence-electron chi connectivity index (χ3n) is 12.1. The van der Waals surface area contributed by atoms with Crippen molar-refractivity contribution in [1.29, 1.82) is 0 Å². The molecule has 6 amide bonds. The van der Waals surface area contributed by atoms with Gasteiger partial charge in [-0.2, -0.15) is 0 Å². The van der Waals surface area contributed by atoms with Gasteiger partial charge in [-0.25, -0.2) is 13.6 Å². The quantitative estimate of drug-likeness (QED) is 0.131. The molecule has 0 aromatic heterocycles. The minimum absolute atomic E-state index is 0.0157. The van der Waals surface area contributed by atoms with Crippen LogP contribution in [-0.4, -0.2) is 144 Å². The van der Waals surface area contributed by atoms with Crippen molar-refractivity contribution in [2.24, 2.45) is 17.4 Å². The SMILES string of the molecule is C[C@@H]1NC(=O)[C@H](COC(=O)[C@@H](N)CCCN)N(C)C(=O)[C@@H]2CCCN2C(=O)[C@@H](NC(=O)[C@H](Cc2cc(F)cc(F)c2)NC(=O)C=CC2CCCCC2)COC(=O)[C@@H]2CCCN2C1=O. The maximum absolute atomic E-state index is 14.5. The van der Waals surface area contributed by atoms with Crippen LogP contribution in [-0.2, 0) is 54.3 Å². The Morgan fingerprint density at radius 3 is 2.24 bits per heavy atom. The van der Waals surface area contributed by atoms with Crippen molar-refractivity contribution in [3.8, 4) is 0 Å². The van der Waals surface area contributed by atoms with Gasteiger partial charge >= 0.3 is 11.9 Å². The van der Waals surface area contributed by atoms with Crippen LogP contribution < -0.4 is 27.4 Å². The normalized spacial score (nSPS) is 25.3. The lowest BCUT2D eigenvalue weighted by molar-refractivity contribution is -0.158. The Morgan fingerprint density at radius 1 is 0.921 bits per heavy atom. The van der Waals surface area contributed by atoms with Gasteiger partial charge in [0.25, 0.3) is 0 Å². The van der Waals surface area contributed by atoms with E-state index in [9.17, 15) is 47.1 Å². The lowest BCUT2D eigenvalue weighted by Crippen LogP contribution is -2.61. The summed E-state index contributed by atoms with van der Waals surface area (Å²) < 4.78 is 39.7. The number of ether oxygens (including phenoxy) is 2. The Hall–Kier alpha value is -5.50. The molecule has 4 aliphatic rings. The van der Waals surface area contributed by atoms with E-state index < -0.39 is 121 Å². The van der Waals surface area contributed by atoms with E-state index in [0.717, 1.165) is 49.1 Å². The standard InChI is InChI=1S/C43H60F2N8O10/c1-25-39(57)53-18-8-13-34(53)43(61)62-23-32(50-37(55)31(21-27-19-28(44)22-29(45)20-27)49-36(54)15-14-26-9-4-3-5-10-26)40(58)52-17-7-12-33(52)41(59)51(2)35(38(56)48-25)24-63-42(60)30(47)11-6-16-46/h14-15,19-20,22,25-26,30-35H,3-13,16-18,21,23-24,46-47H2,1-2H3,(H,48,56)(H,49,54)(H,50,55)/t25-,30-,31-,32-,33-,34-,35-/m0/s1. The Balaban J connectivity index is 1.45. The Morgan fingerprint density at radius 2 is 1.57 bits per heavy atom. The van der Waals surface area contributed by atoms with E-state index in [1.54, 1.807) is 6.08 Å². The number of amides is 6. The number of nitrogens with zero attached hydrogens (tertiary/aromatic N) is 3. The second-order valence-corrected chi connectivity index (χ2v) is 16.7. The summed E-state index contributed by atoms with van der Waals surface area (Å²) in [4.78, 5) is 114. The van der Waals surface area contributed by atoms with Crippen molar-refractivity contribution >= 4 is 47.4 Å². The van der Waals surface area contributed by atoms with Crippen LogP contribution in [0.3, 0.4) is 0 Å². The minimum Gasteiger partial charge on any atom is -0.462 e. The summed E-state index contributed by atoms with van der Waals surface area (Å²) in [5.41, 5.74) is 11.5. The van der Waals surface area contributed by atoms with Gasteiger partial charge in [-0.05, 0) is 94.5 Å². The largest absolute Gasteiger partial charge is 0.462 e. The summed E-state index contributed by atoms with van der Waals surface area (Å²) in [6.07, 6.45) is 9.23. The fourth-order valence-corrected chi connectivity index (χ4v) is 8.51. The van der Waals surface area contributed by atoms with E-state index >= 15 is 0 Å². The number of cyclic esters (lactones) is 1. The first-order valence-electron chi connectivity index (χ1n) is 21.8. The smallest absolute Gasteiger partial charge is 0.328 e. The highest BCUT2D eigenvalue weighted by Crippen LogP contribution is 2.26. The van der Waals surface area contributed by atoms with Crippen LogP contribution >= 0.6 is 0 Å². The number of hydrogen-bond acceptors (Lipinski definition) is 12. The highest BCUT2D eigenvalue weighted by molar-refractivity contribution is 5.98. The summed E-state index contributed by atoms with van der Waals surface area (Å²) in [6, 6.07) is -6.57. The molecule has 0 radical (unpaired) electrons. The van der Waals surface area contributed by atoms with Crippen molar-refractivity contribution in [2.45, 2.75) is 126 Å². The topological polar surface area (TPSA) is 253 Å². The molecule has 20 heteroatoms. The molecular weight excluding hydrogens is 827 g/mol. The molecule has 5 rings (SSSR count). The second-order valence-electron chi connectivity index (χ2n) is 16.7. The number of esters is 2. The molecule has 1 aromatic rings. The van der Waals surface area contributed by atoms with Crippen LogP contribution in [0.1, 0.15) is 83.1 Å². The van der Waals surface area contributed by atoms with Crippen molar-refractivity contribution in [3.63, 3.8) is 0 Å². The highest BCUT2D eigenvalue weighted by Gasteiger charge is 2.44. The maximum atomic E-state index is 14.5. The molecule has 1 saturated carbocycles. The molecule has 1 aromatic carbocycles. The minimum atomic E-state index is -1.66. The molecule has 7 atom stereocenters. The molecule has 63 heavy (non-hydrogen) atoms. The molecule has 0 spiro atoms. The number of rotatable bonds is 13. The Kier molecular flexibility index (Phi) is 17.5. The van der Waals surface area contributed by atoms with E-state index in [0.29, 0.717) is 25.3 Å². The molecule has 0 bridgehead atoms. The molecule has 3 aliphatic heterocycles. The van der Waals surface area contributed by atoms with Crippen LogP contribution in [0.25, 0.3) is 0 Å². The number of nitrogens with one attached hydrogen (secondary N) is 3. The van der Waals surface area contributed by atoms with Crippen molar-refractivity contribution in [3.05, 3.63) is 47.5 Å². The van der Waals surface area contributed by atoms with Gasteiger partial charge in [0.15, 0.2) is 0 Å². The number of allylic oxidation sites excluding steroid dienone is 1. The number of halogens is 2. The molecule has 7 N–H and O–H groups in total. The highest BCUT2D eigenvalue weighted by atomic mass is 19.1. The van der Waals surface area contributed by atoms with E-state index in [4.69, 9.17) is 20.9 Å². The summed E-state index contributed by atoms with van der Waals surface area (Å²) in [6.45, 7) is 0.422. The van der Waals surface area contributed by atoms with Gasteiger partial charge in [0.1, 0.15) is 67.1 Å². The van der Waals surface area contributed by atoms with Gasteiger partial charge in [0, 0.05) is 32.6 Å². The van der Waals surface area contributed by atoms with Gasteiger partial charge in [0.2, 0.25) is 35.4 Å². The molecule has 346 valence electrons. The Bertz CT molecular complexity index is 1880. The molecule has 3 heterocycles. The number of benzene rings is 1. The van der Waals surface area contributed by atoms with Gasteiger partial charge in [-0.3, -0.25) is 33.6 Å².